The minimum Gasteiger partial charge on any atom is -0.460 e. The summed E-state index contributed by atoms with van der Waals surface area (Å²) in [6.07, 6.45) is 1.61. The van der Waals surface area contributed by atoms with Crippen molar-refractivity contribution >= 4 is 62.7 Å². The zero-order valence-corrected chi connectivity index (χ0v) is 27.3. The van der Waals surface area contributed by atoms with Crippen LogP contribution in [0.2, 0.25) is 10.0 Å². The highest BCUT2D eigenvalue weighted by atomic mass is 35.5. The second-order valence-corrected chi connectivity index (χ2v) is 14.3. The van der Waals surface area contributed by atoms with Gasteiger partial charge in [-0.2, -0.15) is 0 Å². The lowest BCUT2D eigenvalue weighted by molar-refractivity contribution is -0.176. The van der Waals surface area contributed by atoms with E-state index in [0.29, 0.717) is 12.0 Å². The molecular weight excluding hydrogens is 653 g/mol. The number of sulfonamides is 1. The molecule has 1 aromatic heterocycles. The molecule has 45 heavy (non-hydrogen) atoms. The molecule has 2 N–H and O–H groups in total. The molecule has 2 aliphatic heterocycles. The average Bonchev–Trinajstić information content (AvgIpc) is 3.37. The maximum Gasteiger partial charge on any atom is 0.308 e. The number of amides is 3. The molecule has 0 saturated carbocycles. The summed E-state index contributed by atoms with van der Waals surface area (Å²) in [5, 5.41) is 5.07. The number of ketones is 1. The van der Waals surface area contributed by atoms with Gasteiger partial charge in [-0.05, 0) is 52.2 Å². The fraction of sp³-hybridized carbons (Fsp3) is 0.500. The third-order valence-corrected chi connectivity index (χ3v) is 8.22. The van der Waals surface area contributed by atoms with E-state index in [4.69, 9.17) is 32.4 Å². The average molecular weight is 687 g/mol. The maximum atomic E-state index is 13.8. The lowest BCUT2D eigenvalue weighted by Crippen LogP contribution is -2.64. The summed E-state index contributed by atoms with van der Waals surface area (Å²) in [6, 6.07) is 0.628. The molecule has 1 aromatic carbocycles. The predicted molar refractivity (Wildman–Crippen MR) is 161 cm³/mol. The highest BCUT2D eigenvalue weighted by Gasteiger charge is 2.45. The third kappa shape index (κ3) is 8.39. The Labute approximate surface area is 269 Å². The summed E-state index contributed by atoms with van der Waals surface area (Å²) in [5.74, 6) is -4.28. The number of benzene rings is 1. The van der Waals surface area contributed by atoms with Crippen molar-refractivity contribution < 1.29 is 41.5 Å². The molecule has 0 spiro atoms. The molecular formula is C28H33Cl2N5O9S. The molecule has 3 heterocycles. The van der Waals surface area contributed by atoms with Gasteiger partial charge in [0.05, 0.1) is 22.7 Å². The Bertz CT molecular complexity index is 1600. The van der Waals surface area contributed by atoms with Crippen molar-refractivity contribution in [1.29, 1.82) is 0 Å². The molecule has 14 nitrogen and oxygen atoms in total. The van der Waals surface area contributed by atoms with Gasteiger partial charge in [-0.3, -0.25) is 29.0 Å². The van der Waals surface area contributed by atoms with Crippen LogP contribution in [0.5, 0.6) is 0 Å². The summed E-state index contributed by atoms with van der Waals surface area (Å²) < 4.78 is 36.9. The topological polar surface area (TPSA) is 185 Å². The molecule has 2 aliphatic rings. The zero-order valence-electron chi connectivity index (χ0n) is 25.0. The largest absolute Gasteiger partial charge is 0.460 e. The normalized spacial score (nSPS) is 19.9. The highest BCUT2D eigenvalue weighted by Crippen LogP contribution is 2.34. The number of aromatic nitrogens is 1. The van der Waals surface area contributed by atoms with Gasteiger partial charge in [0.25, 0.3) is 11.8 Å². The Kier molecular flexibility index (Phi) is 10.3. The first-order valence-electron chi connectivity index (χ1n) is 14.0. The number of carbonyl (C=O) groups is 5. The number of oxazole rings is 1. The van der Waals surface area contributed by atoms with Crippen molar-refractivity contribution in [3.8, 4) is 11.3 Å². The summed E-state index contributed by atoms with van der Waals surface area (Å²) in [5.41, 5.74) is -0.465. The Morgan fingerprint density at radius 1 is 1.16 bits per heavy atom. The Morgan fingerprint density at radius 3 is 2.44 bits per heavy atom. The molecule has 4 rings (SSSR count). The van der Waals surface area contributed by atoms with Gasteiger partial charge in [-0.25, -0.2) is 23.1 Å². The van der Waals surface area contributed by atoms with Gasteiger partial charge in [0.15, 0.2) is 0 Å². The minimum absolute atomic E-state index is 0.0917. The number of rotatable bonds is 9. The molecule has 2 fully saturated rings. The number of hydrogen-bond acceptors (Lipinski definition) is 10. The van der Waals surface area contributed by atoms with Gasteiger partial charge in [-0.1, -0.05) is 29.3 Å². The SMILES string of the molecule is CC(C)(C)OC(=O)C[C@H](NC(=O)[C@@H]1CCCN2C(=O)CC[C@H](NS(C)(=O)=O)C(=O)N12)C(=O)c1nc(-c2c(Cl)cccc2Cl)co1. The van der Waals surface area contributed by atoms with E-state index in [1.807, 2.05) is 0 Å². The third-order valence-electron chi connectivity index (χ3n) is 6.88. The second kappa shape index (κ2) is 13.4. The lowest BCUT2D eigenvalue weighted by atomic mass is 10.0. The first-order chi connectivity index (χ1) is 20.9. The van der Waals surface area contributed by atoms with Crippen molar-refractivity contribution in [2.75, 3.05) is 12.8 Å². The molecule has 3 amide bonds. The Morgan fingerprint density at radius 2 is 1.82 bits per heavy atom. The van der Waals surface area contributed by atoms with Crippen molar-refractivity contribution in [2.24, 2.45) is 0 Å². The van der Waals surface area contributed by atoms with E-state index < -0.39 is 75.5 Å². The van der Waals surface area contributed by atoms with Crippen LogP contribution in [0.1, 0.15) is 63.6 Å². The summed E-state index contributed by atoms with van der Waals surface area (Å²) in [7, 11) is -3.84. The van der Waals surface area contributed by atoms with Crippen LogP contribution >= 0.6 is 23.2 Å². The molecule has 2 saturated heterocycles. The number of esters is 1. The lowest BCUT2D eigenvalue weighted by Gasteiger charge is -2.43. The van der Waals surface area contributed by atoms with Crippen molar-refractivity contribution in [3.63, 3.8) is 0 Å². The van der Waals surface area contributed by atoms with Gasteiger partial charge in [0.1, 0.15) is 35.7 Å². The Hall–Kier alpha value is -3.53. The van der Waals surface area contributed by atoms with Crippen LogP contribution in [0.15, 0.2) is 28.9 Å². The molecule has 0 unspecified atom stereocenters. The second-order valence-electron chi connectivity index (χ2n) is 11.7. The molecule has 0 aliphatic carbocycles. The summed E-state index contributed by atoms with van der Waals surface area (Å²) in [6.45, 7) is 5.03. The molecule has 0 radical (unpaired) electrons. The van der Waals surface area contributed by atoms with Crippen LogP contribution < -0.4 is 10.0 Å². The van der Waals surface area contributed by atoms with Crippen LogP contribution in [-0.4, -0.2) is 89.4 Å². The van der Waals surface area contributed by atoms with Crippen LogP contribution in [-0.2, 0) is 33.9 Å². The van der Waals surface area contributed by atoms with Gasteiger partial charge in [-0.15, -0.1) is 0 Å². The number of hydrogen-bond donors (Lipinski definition) is 2. The monoisotopic (exact) mass is 685 g/mol. The van der Waals surface area contributed by atoms with Crippen LogP contribution in [0, 0.1) is 0 Å². The van der Waals surface area contributed by atoms with Crippen LogP contribution in [0.25, 0.3) is 11.3 Å². The van der Waals surface area contributed by atoms with Gasteiger partial charge < -0.3 is 14.5 Å². The molecule has 244 valence electrons. The number of halogens is 2. The maximum absolute atomic E-state index is 13.8. The minimum atomic E-state index is -3.84. The van der Waals surface area contributed by atoms with E-state index in [1.54, 1.807) is 39.0 Å². The fourth-order valence-electron chi connectivity index (χ4n) is 5.06. The van der Waals surface area contributed by atoms with Crippen molar-refractivity contribution in [3.05, 3.63) is 40.4 Å². The molecule has 3 atom stereocenters. The highest BCUT2D eigenvalue weighted by molar-refractivity contribution is 7.88. The van der Waals surface area contributed by atoms with Crippen LogP contribution in [0.4, 0.5) is 0 Å². The first-order valence-corrected chi connectivity index (χ1v) is 16.7. The van der Waals surface area contributed by atoms with E-state index in [-0.39, 0.29) is 41.5 Å². The molecule has 2 aromatic rings. The number of Topliss-reactive ketones (excluding diaryl/α,β-unsaturated/α-hetero) is 1. The van der Waals surface area contributed by atoms with Crippen LogP contribution in [0.3, 0.4) is 0 Å². The van der Waals surface area contributed by atoms with Crippen molar-refractivity contribution in [1.82, 2.24) is 25.0 Å². The van der Waals surface area contributed by atoms with Gasteiger partial charge >= 0.3 is 5.97 Å². The number of ether oxygens (including phenoxy) is 1. The standard InChI is InChI=1S/C28H33Cl2N5O9S/c1-28(2,3)44-22(37)13-18(24(38)26-32-19(14-43-26)23-15(29)7-5-8-16(23)30)31-25(39)20-9-6-12-34-21(36)11-10-17(27(40)35(20)34)33-45(4,41)42/h5,7-8,14,17-18,20,33H,6,9-13H2,1-4H3,(H,31,39)/t17-,18-,20-/m0/s1. The quantitative estimate of drug-likeness (QED) is 0.293. The predicted octanol–water partition coefficient (Wildman–Crippen LogP) is 2.49. The smallest absolute Gasteiger partial charge is 0.308 e. The van der Waals surface area contributed by atoms with Gasteiger partial charge in [0.2, 0.25) is 27.6 Å². The zero-order chi connectivity index (χ0) is 33.3. The van der Waals surface area contributed by atoms with E-state index in [2.05, 4.69) is 15.0 Å². The molecule has 0 bridgehead atoms. The molecule has 17 heteroatoms. The number of carbonyl (C=O) groups excluding carboxylic acids is 5. The summed E-state index contributed by atoms with van der Waals surface area (Å²) in [4.78, 5) is 70.9. The van der Waals surface area contributed by atoms with Gasteiger partial charge in [0, 0.05) is 18.5 Å². The van der Waals surface area contributed by atoms with E-state index >= 15 is 0 Å². The fourth-order valence-corrected chi connectivity index (χ4v) is 6.39. The van der Waals surface area contributed by atoms with E-state index in [0.717, 1.165) is 22.5 Å². The number of nitrogens with zero attached hydrogens (tertiary/aromatic N) is 3. The van der Waals surface area contributed by atoms with Crippen molar-refractivity contribution in [2.45, 2.75) is 76.6 Å². The first kappa shape index (κ1) is 34.3. The summed E-state index contributed by atoms with van der Waals surface area (Å²) >= 11 is 12.5. The number of fused-ring (bicyclic) bond motifs is 1. The van der Waals surface area contributed by atoms with E-state index in [9.17, 15) is 32.4 Å². The van der Waals surface area contributed by atoms with E-state index in [1.165, 1.54) is 0 Å². The Balaban J connectivity index is 1.64. The number of hydrazine groups is 1. The number of nitrogens with one attached hydrogen (secondary N) is 2.